The van der Waals surface area contributed by atoms with E-state index >= 15 is 0 Å². The zero-order valence-electron chi connectivity index (χ0n) is 20.5. The summed E-state index contributed by atoms with van der Waals surface area (Å²) in [6, 6.07) is 18.1. The van der Waals surface area contributed by atoms with Crippen LogP contribution >= 0.6 is 12.4 Å². The molecule has 2 aliphatic heterocycles. The molecule has 2 aliphatic rings. The van der Waals surface area contributed by atoms with Crippen molar-refractivity contribution < 1.29 is 9.53 Å². The van der Waals surface area contributed by atoms with Crippen molar-refractivity contribution in [3.05, 3.63) is 83.2 Å². The lowest BCUT2D eigenvalue weighted by atomic mass is 9.78. The Bertz CT molecular complexity index is 1410. The maximum absolute atomic E-state index is 13.4. The molecule has 0 radical (unpaired) electrons. The van der Waals surface area contributed by atoms with Gasteiger partial charge in [-0.15, -0.1) is 17.5 Å². The first-order valence-electron chi connectivity index (χ1n) is 12.2. The van der Waals surface area contributed by atoms with Gasteiger partial charge in [0.2, 0.25) is 0 Å². The average molecular weight is 504 g/mol. The van der Waals surface area contributed by atoms with E-state index in [4.69, 9.17) is 4.74 Å². The van der Waals surface area contributed by atoms with Gasteiger partial charge in [-0.05, 0) is 66.7 Å². The van der Waals surface area contributed by atoms with Crippen molar-refractivity contribution in [1.82, 2.24) is 20.3 Å². The third-order valence-corrected chi connectivity index (χ3v) is 7.57. The molecule has 0 saturated carbocycles. The second-order valence-electron chi connectivity index (χ2n) is 9.82. The molecule has 36 heavy (non-hydrogen) atoms. The van der Waals surface area contributed by atoms with Crippen LogP contribution in [0, 0.1) is 0 Å². The van der Waals surface area contributed by atoms with Crippen LogP contribution in [0.25, 0.3) is 10.8 Å². The third kappa shape index (κ3) is 4.12. The fourth-order valence-electron chi connectivity index (χ4n) is 5.38. The Morgan fingerprint density at radius 2 is 1.81 bits per heavy atom. The van der Waals surface area contributed by atoms with Crippen molar-refractivity contribution >= 4 is 34.8 Å². The van der Waals surface area contributed by atoms with Crippen LogP contribution in [0.15, 0.2) is 60.8 Å². The van der Waals surface area contributed by atoms with Crippen molar-refractivity contribution in [2.45, 2.75) is 38.3 Å². The quantitative estimate of drug-likeness (QED) is 0.412. The van der Waals surface area contributed by atoms with Crippen LogP contribution in [0.2, 0.25) is 0 Å². The van der Waals surface area contributed by atoms with Gasteiger partial charge in [-0.3, -0.25) is 4.79 Å². The van der Waals surface area contributed by atoms with Gasteiger partial charge in [-0.2, -0.15) is 0 Å². The summed E-state index contributed by atoms with van der Waals surface area (Å²) in [6.07, 6.45) is 4.23. The van der Waals surface area contributed by atoms with Crippen molar-refractivity contribution in [1.29, 1.82) is 0 Å². The van der Waals surface area contributed by atoms with Gasteiger partial charge >= 0.3 is 0 Å². The van der Waals surface area contributed by atoms with Crippen LogP contribution in [-0.4, -0.2) is 41.1 Å². The molecule has 6 rings (SSSR count). The number of ether oxygens (including phenoxy) is 1. The molecule has 1 aromatic heterocycles. The molecule has 0 aliphatic carbocycles. The van der Waals surface area contributed by atoms with Gasteiger partial charge < -0.3 is 15.0 Å². The van der Waals surface area contributed by atoms with E-state index in [1.807, 2.05) is 46.0 Å². The lowest BCUT2D eigenvalue weighted by Gasteiger charge is -2.31. The van der Waals surface area contributed by atoms with Crippen LogP contribution in [-0.2, 0) is 18.5 Å². The number of halogens is 1. The summed E-state index contributed by atoms with van der Waals surface area (Å²) >= 11 is 0. The summed E-state index contributed by atoms with van der Waals surface area (Å²) in [7, 11) is 1.65. The summed E-state index contributed by atoms with van der Waals surface area (Å²) in [5.74, 6) is 0.849. The second-order valence-corrected chi connectivity index (χ2v) is 9.82. The largest absolute Gasteiger partial charge is 0.497 e. The van der Waals surface area contributed by atoms with E-state index in [1.54, 1.807) is 7.11 Å². The molecule has 3 heterocycles. The first kappa shape index (κ1) is 24.3. The predicted molar refractivity (Wildman–Crippen MR) is 143 cm³/mol. The van der Waals surface area contributed by atoms with Crippen molar-refractivity contribution in [3.63, 3.8) is 0 Å². The van der Waals surface area contributed by atoms with E-state index in [0.29, 0.717) is 13.1 Å². The lowest BCUT2D eigenvalue weighted by molar-refractivity contribution is 0.0991. The molecule has 3 aromatic carbocycles. The molecule has 0 unspecified atom stereocenters. The molecule has 1 N–H and O–H groups in total. The summed E-state index contributed by atoms with van der Waals surface area (Å²) in [4.78, 5) is 15.2. The molecular formula is C28H30ClN5O2. The molecule has 8 heteroatoms. The number of carbonyl (C=O) groups is 1. The van der Waals surface area contributed by atoms with Crippen LogP contribution in [0.5, 0.6) is 5.75 Å². The molecule has 4 aromatic rings. The maximum atomic E-state index is 13.4. The second kappa shape index (κ2) is 9.56. The highest BCUT2D eigenvalue weighted by molar-refractivity contribution is 6.25. The van der Waals surface area contributed by atoms with E-state index in [-0.39, 0.29) is 23.7 Å². The molecule has 7 nitrogen and oxygen atoms in total. The van der Waals surface area contributed by atoms with Crippen molar-refractivity contribution in [2.24, 2.45) is 0 Å². The van der Waals surface area contributed by atoms with Crippen LogP contribution in [0.1, 0.15) is 46.9 Å². The number of carbonyl (C=O) groups excluding carboxylic acids is 1. The highest BCUT2D eigenvalue weighted by Crippen LogP contribution is 2.40. The van der Waals surface area contributed by atoms with Crippen LogP contribution < -0.4 is 15.0 Å². The first-order valence-corrected chi connectivity index (χ1v) is 12.2. The van der Waals surface area contributed by atoms with Crippen molar-refractivity contribution in [3.8, 4) is 5.75 Å². The Morgan fingerprint density at radius 3 is 2.56 bits per heavy atom. The smallest absolute Gasteiger partial charge is 0.259 e. The highest BCUT2D eigenvalue weighted by atomic mass is 35.5. The van der Waals surface area contributed by atoms with Gasteiger partial charge in [0.1, 0.15) is 5.75 Å². The van der Waals surface area contributed by atoms with E-state index in [0.717, 1.165) is 70.5 Å². The van der Waals surface area contributed by atoms with Gasteiger partial charge in [0.25, 0.3) is 5.91 Å². The molecule has 186 valence electrons. The number of aromatic nitrogens is 3. The number of piperidine rings is 1. The summed E-state index contributed by atoms with van der Waals surface area (Å²) in [6.45, 7) is 5.45. The van der Waals surface area contributed by atoms with Gasteiger partial charge in [0, 0.05) is 22.6 Å². The predicted octanol–water partition coefficient (Wildman–Crippen LogP) is 4.71. The Hall–Kier alpha value is -3.42. The highest BCUT2D eigenvalue weighted by Gasteiger charge is 2.32. The minimum atomic E-state index is 0. The minimum Gasteiger partial charge on any atom is -0.497 e. The summed E-state index contributed by atoms with van der Waals surface area (Å²) in [5, 5.41) is 14.5. The first-order chi connectivity index (χ1) is 17.1. The molecule has 0 spiro atoms. The van der Waals surface area contributed by atoms with Gasteiger partial charge in [-0.1, -0.05) is 42.5 Å². The molecule has 0 atom stereocenters. The number of amides is 1. The molecular weight excluding hydrogens is 474 g/mol. The van der Waals surface area contributed by atoms with Gasteiger partial charge in [0.15, 0.2) is 0 Å². The third-order valence-electron chi connectivity index (χ3n) is 7.57. The molecule has 1 fully saturated rings. The van der Waals surface area contributed by atoms with E-state index in [9.17, 15) is 4.79 Å². The fourth-order valence-corrected chi connectivity index (χ4v) is 5.38. The normalized spacial score (nSPS) is 16.3. The number of methoxy groups -OCH3 is 1. The van der Waals surface area contributed by atoms with E-state index in [1.165, 1.54) is 0 Å². The van der Waals surface area contributed by atoms with E-state index < -0.39 is 0 Å². The molecule has 0 bridgehead atoms. The van der Waals surface area contributed by atoms with Crippen LogP contribution in [0.3, 0.4) is 0 Å². The monoisotopic (exact) mass is 503 g/mol. The minimum absolute atomic E-state index is 0. The number of nitrogens with zero attached hydrogens (tertiary/aromatic N) is 4. The average Bonchev–Trinajstić information content (AvgIpc) is 3.47. The van der Waals surface area contributed by atoms with Gasteiger partial charge in [-0.25, -0.2) is 4.68 Å². The fraction of sp³-hybridized carbons (Fsp3) is 0.321. The summed E-state index contributed by atoms with van der Waals surface area (Å²) in [5.41, 5.74) is 5.05. The summed E-state index contributed by atoms with van der Waals surface area (Å²) < 4.78 is 7.20. The number of benzene rings is 3. The number of nitrogens with one attached hydrogen (secondary N) is 1. The topological polar surface area (TPSA) is 72.3 Å². The number of rotatable bonds is 6. The SMILES string of the molecule is COc1ccc(CN2C(=O)c3cccc4c(Cn5cc(C6(C)CCNCC6)nn5)ccc2c34)cc1.Cl. The zero-order valence-corrected chi connectivity index (χ0v) is 21.3. The molecule has 1 amide bonds. The maximum Gasteiger partial charge on any atom is 0.259 e. The van der Waals surface area contributed by atoms with Crippen LogP contribution in [0.4, 0.5) is 5.69 Å². The van der Waals surface area contributed by atoms with E-state index in [2.05, 4.69) is 46.9 Å². The Morgan fingerprint density at radius 1 is 1.03 bits per heavy atom. The molecule has 1 saturated heterocycles. The zero-order chi connectivity index (χ0) is 24.0. The number of hydrogen-bond acceptors (Lipinski definition) is 5. The van der Waals surface area contributed by atoms with Gasteiger partial charge in [0.05, 0.1) is 31.6 Å². The number of hydrogen-bond donors (Lipinski definition) is 1. The Kier molecular flexibility index (Phi) is 6.45. The number of anilines is 1. The van der Waals surface area contributed by atoms with Crippen molar-refractivity contribution in [2.75, 3.05) is 25.1 Å². The lowest BCUT2D eigenvalue weighted by Crippen LogP contribution is -2.37. The Balaban J connectivity index is 0.00000267. The Labute approximate surface area is 216 Å². The standard InChI is InChI=1S/C28H29N5O2.ClH/c1-28(12-14-29-15-13-28)25-18-32(31-30-25)17-20-8-11-24-26-22(20)4-3-5-23(26)27(34)33(24)16-19-6-9-21(35-2)10-7-19;/h3-11,18,29H,12-17H2,1-2H3;1H.